The Kier molecular flexibility index (Phi) is 19.5. The number of benzene rings is 2. The Hall–Kier alpha value is -3.11. The van der Waals surface area contributed by atoms with Gasteiger partial charge >= 0.3 is 0 Å². The minimum atomic E-state index is -3.67. The smallest absolute Gasteiger partial charge is 0.255 e. The lowest BCUT2D eigenvalue weighted by Gasteiger charge is -2.25. The molecule has 3 heterocycles. The van der Waals surface area contributed by atoms with Crippen LogP contribution >= 0.6 is 0 Å². The summed E-state index contributed by atoms with van der Waals surface area (Å²) >= 11 is 0. The minimum absolute atomic E-state index is 0. The first-order chi connectivity index (χ1) is 25.7. The van der Waals surface area contributed by atoms with Crippen LogP contribution in [0.2, 0.25) is 0 Å². The highest BCUT2D eigenvalue weighted by Gasteiger charge is 2.33. The molecule has 6 rings (SSSR count). The molecule has 0 spiro atoms. The van der Waals surface area contributed by atoms with Crippen molar-refractivity contribution in [2.45, 2.75) is 98.1 Å². The summed E-state index contributed by atoms with van der Waals surface area (Å²) in [6.45, 7) is 6.79. The van der Waals surface area contributed by atoms with E-state index in [0.29, 0.717) is 66.6 Å². The van der Waals surface area contributed by atoms with Crippen molar-refractivity contribution >= 4 is 32.6 Å². The van der Waals surface area contributed by atoms with Gasteiger partial charge in [-0.1, -0.05) is 21.8 Å². The SMILES string of the molecule is C.C.CCCOCCOC1CCCCO1.CNC(=O)c1c(-c2ccc(F)cc2)oc2cc(N(CCOCCOC3CCCCO3)S(C)(=O)=O)c(C3CC3)cc12. The van der Waals surface area contributed by atoms with Crippen LogP contribution in [0.25, 0.3) is 22.3 Å². The molecule has 0 radical (unpaired) electrons. The normalized spacial score (nSPS) is 18.4. The maximum Gasteiger partial charge on any atom is 0.255 e. The van der Waals surface area contributed by atoms with Crippen LogP contribution in [0.15, 0.2) is 40.8 Å². The lowest BCUT2D eigenvalue weighted by molar-refractivity contribution is -0.169. The van der Waals surface area contributed by atoms with E-state index >= 15 is 0 Å². The van der Waals surface area contributed by atoms with E-state index in [9.17, 15) is 17.6 Å². The zero-order chi connectivity index (χ0) is 37.6. The van der Waals surface area contributed by atoms with Gasteiger partial charge in [-0.3, -0.25) is 9.10 Å². The third-order valence-corrected chi connectivity index (χ3v) is 10.4. The van der Waals surface area contributed by atoms with Gasteiger partial charge in [0.15, 0.2) is 12.6 Å². The molecule has 1 amide bonds. The van der Waals surface area contributed by atoms with Crippen LogP contribution in [0, 0.1) is 5.82 Å². The maximum atomic E-state index is 13.6. The Bertz CT molecular complexity index is 1690. The Morgan fingerprint density at radius 2 is 1.45 bits per heavy atom. The van der Waals surface area contributed by atoms with Gasteiger partial charge in [-0.15, -0.1) is 0 Å². The molecule has 310 valence electrons. The number of nitrogens with one attached hydrogen (secondary N) is 1. The number of sulfonamides is 1. The number of carbonyl (C=O) groups excluding carboxylic acids is 1. The van der Waals surface area contributed by atoms with E-state index in [2.05, 4.69) is 12.2 Å². The lowest BCUT2D eigenvalue weighted by atomic mass is 10.0. The summed E-state index contributed by atoms with van der Waals surface area (Å²) in [7, 11) is -2.13. The second kappa shape index (κ2) is 23.2. The fourth-order valence-corrected chi connectivity index (χ4v) is 7.29. The largest absolute Gasteiger partial charge is 0.455 e. The van der Waals surface area contributed by atoms with Crippen molar-refractivity contribution in [1.82, 2.24) is 5.32 Å². The van der Waals surface area contributed by atoms with E-state index in [0.717, 1.165) is 63.7 Å². The second-order valence-corrected chi connectivity index (χ2v) is 15.4. The summed E-state index contributed by atoms with van der Waals surface area (Å²) in [6.07, 6.45) is 10.3. The molecule has 2 aromatic carbocycles. The summed E-state index contributed by atoms with van der Waals surface area (Å²) in [5.41, 5.74) is 2.59. The number of halogens is 1. The zero-order valence-corrected chi connectivity index (χ0v) is 32.1. The van der Waals surface area contributed by atoms with Crippen LogP contribution in [-0.2, 0) is 38.4 Å². The average molecular weight is 795 g/mol. The summed E-state index contributed by atoms with van der Waals surface area (Å²) in [4.78, 5) is 13.0. The van der Waals surface area contributed by atoms with Gasteiger partial charge < -0.3 is 38.2 Å². The van der Waals surface area contributed by atoms with Gasteiger partial charge in [0.1, 0.15) is 17.2 Å². The van der Waals surface area contributed by atoms with Crippen molar-refractivity contribution in [3.05, 3.63) is 53.3 Å². The van der Waals surface area contributed by atoms with Crippen molar-refractivity contribution in [3.63, 3.8) is 0 Å². The molecule has 2 saturated heterocycles. The summed E-state index contributed by atoms with van der Waals surface area (Å²) in [6, 6.07) is 9.25. The van der Waals surface area contributed by atoms with Gasteiger partial charge in [-0.2, -0.15) is 0 Å². The van der Waals surface area contributed by atoms with Gasteiger partial charge in [0.25, 0.3) is 5.91 Å². The first-order valence-electron chi connectivity index (χ1n) is 18.9. The Morgan fingerprint density at radius 3 is 1.96 bits per heavy atom. The molecule has 3 aromatic rings. The van der Waals surface area contributed by atoms with Crippen molar-refractivity contribution in [2.75, 3.05) is 77.0 Å². The number of furan rings is 1. The van der Waals surface area contributed by atoms with Crippen LogP contribution in [0.4, 0.5) is 10.1 Å². The van der Waals surface area contributed by atoms with Crippen molar-refractivity contribution < 1.29 is 50.4 Å². The van der Waals surface area contributed by atoms with E-state index < -0.39 is 15.8 Å². The zero-order valence-electron chi connectivity index (χ0n) is 31.2. The highest BCUT2D eigenvalue weighted by Crippen LogP contribution is 2.48. The Morgan fingerprint density at radius 1 is 0.855 bits per heavy atom. The summed E-state index contributed by atoms with van der Waals surface area (Å²) in [5.74, 6) is -0.277. The van der Waals surface area contributed by atoms with E-state index in [-0.39, 0.29) is 52.4 Å². The third-order valence-electron chi connectivity index (χ3n) is 9.21. The van der Waals surface area contributed by atoms with E-state index in [1.807, 2.05) is 6.07 Å². The fourth-order valence-electron chi connectivity index (χ4n) is 6.36. The van der Waals surface area contributed by atoms with Crippen LogP contribution in [0.3, 0.4) is 0 Å². The number of carbonyl (C=O) groups is 1. The van der Waals surface area contributed by atoms with Gasteiger partial charge in [-0.05, 0) is 99.6 Å². The molecule has 0 bridgehead atoms. The molecule has 1 aromatic heterocycles. The van der Waals surface area contributed by atoms with Gasteiger partial charge in [0.2, 0.25) is 10.0 Å². The van der Waals surface area contributed by atoms with Crippen LogP contribution < -0.4 is 9.62 Å². The standard InChI is InChI=1S/C29H35FN2O7S.C10H20O3.2CH4/c1-31-29(33)27-23-17-22(19-6-7-19)24(18-25(23)39-28(27)20-8-10-21(30)11-9-20)32(40(2,34)35)12-14-36-15-16-38-26-5-3-4-13-37-26;1-2-6-11-8-9-13-10-5-3-4-7-12-10;;/h8-11,17-19,26H,3-7,12-16H2,1-2H3,(H,31,33);10H,2-9H2,1H3;2*1H4. The van der Waals surface area contributed by atoms with E-state index in [4.69, 9.17) is 32.8 Å². The Balaban J connectivity index is 0.000000462. The maximum absolute atomic E-state index is 13.6. The number of hydrogen-bond acceptors (Lipinski definition) is 10. The van der Waals surface area contributed by atoms with Crippen LogP contribution in [0.5, 0.6) is 0 Å². The molecule has 2 atom stereocenters. The number of anilines is 1. The molecule has 1 N–H and O–H groups in total. The molecule has 3 fully saturated rings. The molecule has 1 aliphatic carbocycles. The van der Waals surface area contributed by atoms with Gasteiger partial charge in [0, 0.05) is 43.9 Å². The molecule has 3 aliphatic rings. The first-order valence-corrected chi connectivity index (χ1v) is 20.7. The second-order valence-electron chi connectivity index (χ2n) is 13.5. The van der Waals surface area contributed by atoms with Gasteiger partial charge in [0.05, 0.1) is 57.1 Å². The van der Waals surface area contributed by atoms with Crippen molar-refractivity contribution in [2.24, 2.45) is 0 Å². The van der Waals surface area contributed by atoms with Crippen LogP contribution in [0.1, 0.15) is 101 Å². The third kappa shape index (κ3) is 13.8. The van der Waals surface area contributed by atoms with Gasteiger partial charge in [-0.25, -0.2) is 12.8 Å². The highest BCUT2D eigenvalue weighted by molar-refractivity contribution is 7.92. The number of ether oxygens (including phenoxy) is 6. The van der Waals surface area contributed by atoms with E-state index in [1.54, 1.807) is 18.2 Å². The summed E-state index contributed by atoms with van der Waals surface area (Å²) < 4.78 is 80.2. The topological polar surface area (TPSA) is 135 Å². The molecule has 2 unspecified atom stereocenters. The van der Waals surface area contributed by atoms with Crippen molar-refractivity contribution in [1.29, 1.82) is 0 Å². The first kappa shape index (κ1) is 46.3. The quantitative estimate of drug-likeness (QED) is 0.126. The number of hydrogen-bond donors (Lipinski definition) is 1. The fraction of sp³-hybridized carbons (Fsp3) is 0.634. The molecule has 12 nitrogen and oxygen atoms in total. The predicted molar refractivity (Wildman–Crippen MR) is 214 cm³/mol. The Labute approximate surface area is 327 Å². The number of nitrogens with zero attached hydrogens (tertiary/aromatic N) is 1. The molecule has 2 aliphatic heterocycles. The number of fused-ring (bicyclic) bond motifs is 1. The highest BCUT2D eigenvalue weighted by atomic mass is 32.2. The predicted octanol–water partition coefficient (Wildman–Crippen LogP) is 8.03. The average Bonchev–Trinajstić information content (AvgIpc) is 3.95. The lowest BCUT2D eigenvalue weighted by Crippen LogP contribution is -2.34. The number of amides is 1. The minimum Gasteiger partial charge on any atom is -0.455 e. The monoisotopic (exact) mass is 794 g/mol. The molecular formula is C41H63FN2O10S. The van der Waals surface area contributed by atoms with E-state index in [1.165, 1.54) is 42.6 Å². The molecule has 14 heteroatoms. The molecule has 55 heavy (non-hydrogen) atoms. The molecular weight excluding hydrogens is 732 g/mol. The van der Waals surface area contributed by atoms with Crippen LogP contribution in [-0.4, -0.2) is 99.6 Å². The molecule has 1 saturated carbocycles. The number of rotatable bonds is 18. The van der Waals surface area contributed by atoms with Crippen molar-refractivity contribution in [3.8, 4) is 11.3 Å². The summed E-state index contributed by atoms with van der Waals surface area (Å²) in [5, 5.41) is 3.24.